The van der Waals surface area contributed by atoms with E-state index >= 15 is 0 Å². The molecule has 0 bridgehead atoms. The van der Waals surface area contributed by atoms with Crippen LogP contribution in [0.15, 0.2) is 95.4 Å². The third-order valence-electron chi connectivity index (χ3n) is 5.45. The lowest BCUT2D eigenvalue weighted by Crippen LogP contribution is -1.89. The first kappa shape index (κ1) is 17.2. The second-order valence-corrected chi connectivity index (χ2v) is 7.60. The summed E-state index contributed by atoms with van der Waals surface area (Å²) in [7, 11) is 0. The summed E-state index contributed by atoms with van der Waals surface area (Å²) >= 11 is 6.20. The van der Waals surface area contributed by atoms with Crippen LogP contribution in [0.3, 0.4) is 0 Å². The molecule has 3 nitrogen and oxygen atoms in total. The summed E-state index contributed by atoms with van der Waals surface area (Å²) in [5, 5.41) is 4.51. The molecule has 0 amide bonds. The minimum absolute atomic E-state index is 0.176. The van der Waals surface area contributed by atoms with Gasteiger partial charge in [0.25, 0.3) is 0 Å². The smallest absolute Gasteiger partial charge is 0.232 e. The first-order valence-electron chi connectivity index (χ1n) is 9.71. The van der Waals surface area contributed by atoms with Gasteiger partial charge in [0.05, 0.1) is 11.1 Å². The van der Waals surface area contributed by atoms with Gasteiger partial charge in [0, 0.05) is 10.9 Å². The largest absolute Gasteiger partial charge is 0.438 e. The zero-order chi connectivity index (χ0) is 20.1. The molecule has 0 radical (unpaired) electrons. The van der Waals surface area contributed by atoms with Crippen LogP contribution in [0.1, 0.15) is 0 Å². The average molecular weight is 407 g/mol. The van der Waals surface area contributed by atoms with Crippen molar-refractivity contribution in [1.82, 2.24) is 9.97 Å². The molecule has 4 heteroatoms. The number of rotatable bonds is 2. The SMILES string of the molecule is Clc1nc(-c2ccc(-c3ccc4ccccc4c3)cc2)c2c(n1)oc1ccccc12. The summed E-state index contributed by atoms with van der Waals surface area (Å²) in [5.74, 6) is 0. The molecule has 0 unspecified atom stereocenters. The number of hydrogen-bond acceptors (Lipinski definition) is 3. The van der Waals surface area contributed by atoms with E-state index < -0.39 is 0 Å². The molecule has 0 atom stereocenters. The highest BCUT2D eigenvalue weighted by molar-refractivity contribution is 6.29. The number of fused-ring (bicyclic) bond motifs is 4. The Morgan fingerprint density at radius 1 is 0.633 bits per heavy atom. The molecule has 0 saturated heterocycles. The van der Waals surface area contributed by atoms with Gasteiger partial charge >= 0.3 is 0 Å². The van der Waals surface area contributed by atoms with Crippen LogP contribution in [0, 0.1) is 0 Å². The van der Waals surface area contributed by atoms with Gasteiger partial charge < -0.3 is 4.42 Å². The predicted octanol–water partition coefficient (Wildman–Crippen LogP) is 7.52. The maximum atomic E-state index is 6.20. The first-order chi connectivity index (χ1) is 14.8. The lowest BCUT2D eigenvalue weighted by Gasteiger charge is -2.07. The number of benzene rings is 4. The number of para-hydroxylation sites is 1. The highest BCUT2D eigenvalue weighted by Gasteiger charge is 2.16. The van der Waals surface area contributed by atoms with Crippen LogP contribution in [0.25, 0.3) is 55.2 Å². The van der Waals surface area contributed by atoms with Crippen LogP contribution in [0.5, 0.6) is 0 Å². The van der Waals surface area contributed by atoms with Crippen LogP contribution in [-0.2, 0) is 0 Å². The third kappa shape index (κ3) is 2.75. The summed E-state index contributed by atoms with van der Waals surface area (Å²) in [6.07, 6.45) is 0. The van der Waals surface area contributed by atoms with Gasteiger partial charge in [-0.1, -0.05) is 78.9 Å². The fourth-order valence-electron chi connectivity index (χ4n) is 4.00. The number of furan rings is 1. The first-order valence-corrected chi connectivity index (χ1v) is 10.1. The number of aromatic nitrogens is 2. The van der Waals surface area contributed by atoms with E-state index in [1.807, 2.05) is 24.3 Å². The highest BCUT2D eigenvalue weighted by atomic mass is 35.5. The third-order valence-corrected chi connectivity index (χ3v) is 5.62. The molecule has 30 heavy (non-hydrogen) atoms. The van der Waals surface area contributed by atoms with Crippen molar-refractivity contribution in [1.29, 1.82) is 0 Å². The van der Waals surface area contributed by atoms with Gasteiger partial charge in [-0.15, -0.1) is 0 Å². The van der Waals surface area contributed by atoms with E-state index in [-0.39, 0.29) is 5.28 Å². The Bertz CT molecular complexity index is 1550. The van der Waals surface area contributed by atoms with Gasteiger partial charge in [-0.25, -0.2) is 4.98 Å². The van der Waals surface area contributed by atoms with Gasteiger partial charge in [-0.2, -0.15) is 4.98 Å². The maximum absolute atomic E-state index is 6.20. The zero-order valence-corrected chi connectivity index (χ0v) is 16.6. The summed E-state index contributed by atoms with van der Waals surface area (Å²) in [4.78, 5) is 8.81. The molecule has 0 fully saturated rings. The number of halogens is 1. The van der Waals surface area contributed by atoms with Crippen molar-refractivity contribution in [2.45, 2.75) is 0 Å². The van der Waals surface area contributed by atoms with Crippen LogP contribution < -0.4 is 0 Å². The standard InChI is InChI=1S/C26H15ClN2O/c27-26-28-24(23-21-7-3-4-8-22(21)30-25(23)29-26)18-12-9-17(10-13-18)20-14-11-16-5-1-2-6-19(16)15-20/h1-15H. The van der Waals surface area contributed by atoms with Crippen molar-refractivity contribution >= 4 is 44.4 Å². The van der Waals surface area contributed by atoms with Crippen LogP contribution in [-0.4, -0.2) is 9.97 Å². The fourth-order valence-corrected chi connectivity index (χ4v) is 4.16. The second-order valence-electron chi connectivity index (χ2n) is 7.26. The topological polar surface area (TPSA) is 38.9 Å². The Morgan fingerprint density at radius 2 is 1.33 bits per heavy atom. The zero-order valence-electron chi connectivity index (χ0n) is 15.8. The van der Waals surface area contributed by atoms with Gasteiger partial charge in [0.1, 0.15) is 5.58 Å². The van der Waals surface area contributed by atoms with Crippen molar-refractivity contribution in [3.63, 3.8) is 0 Å². The van der Waals surface area contributed by atoms with E-state index in [2.05, 4.69) is 76.7 Å². The van der Waals surface area contributed by atoms with Crippen LogP contribution in [0.2, 0.25) is 5.28 Å². The molecule has 2 aromatic heterocycles. The van der Waals surface area contributed by atoms with E-state index in [1.54, 1.807) is 0 Å². The Labute approximate surface area is 177 Å². The number of nitrogens with zero attached hydrogens (tertiary/aromatic N) is 2. The van der Waals surface area contributed by atoms with Gasteiger partial charge in [-0.05, 0) is 45.6 Å². The molecule has 142 valence electrons. The van der Waals surface area contributed by atoms with E-state index in [0.717, 1.165) is 33.2 Å². The fraction of sp³-hybridized carbons (Fsp3) is 0. The lowest BCUT2D eigenvalue weighted by molar-refractivity contribution is 0.653. The quantitative estimate of drug-likeness (QED) is 0.279. The van der Waals surface area contributed by atoms with Gasteiger partial charge in [0.2, 0.25) is 11.0 Å². The Hall–Kier alpha value is -3.69. The molecule has 0 aliphatic heterocycles. The molecule has 4 aromatic carbocycles. The minimum atomic E-state index is 0.176. The van der Waals surface area contributed by atoms with Gasteiger partial charge in [-0.3, -0.25) is 0 Å². The molecule has 0 N–H and O–H groups in total. The summed E-state index contributed by atoms with van der Waals surface area (Å²) in [6.45, 7) is 0. The highest BCUT2D eigenvalue weighted by Crippen LogP contribution is 2.36. The molecule has 0 aliphatic carbocycles. The molecule has 6 rings (SSSR count). The summed E-state index contributed by atoms with van der Waals surface area (Å²) in [5.41, 5.74) is 5.36. The van der Waals surface area contributed by atoms with Crippen LogP contribution in [0.4, 0.5) is 0 Å². The van der Waals surface area contributed by atoms with Crippen molar-refractivity contribution in [3.05, 3.63) is 96.3 Å². The molecule has 0 spiro atoms. The normalized spacial score (nSPS) is 11.5. The maximum Gasteiger partial charge on any atom is 0.232 e. The Balaban J connectivity index is 1.49. The summed E-state index contributed by atoms with van der Waals surface area (Å²) < 4.78 is 5.89. The predicted molar refractivity (Wildman–Crippen MR) is 123 cm³/mol. The lowest BCUT2D eigenvalue weighted by atomic mass is 9.99. The molecule has 0 aliphatic rings. The monoisotopic (exact) mass is 406 g/mol. The molecule has 0 saturated carbocycles. The number of hydrogen-bond donors (Lipinski definition) is 0. The van der Waals surface area contributed by atoms with Crippen molar-refractivity contribution in [2.24, 2.45) is 0 Å². The van der Waals surface area contributed by atoms with Crippen molar-refractivity contribution in [3.8, 4) is 22.4 Å². The van der Waals surface area contributed by atoms with Crippen molar-refractivity contribution < 1.29 is 4.42 Å². The summed E-state index contributed by atoms with van der Waals surface area (Å²) in [6, 6.07) is 31.2. The van der Waals surface area contributed by atoms with E-state index in [9.17, 15) is 0 Å². The molecular formula is C26H15ClN2O. The van der Waals surface area contributed by atoms with Crippen LogP contribution >= 0.6 is 11.6 Å². The average Bonchev–Trinajstić information content (AvgIpc) is 3.16. The minimum Gasteiger partial charge on any atom is -0.438 e. The molecule has 6 aromatic rings. The molecule has 2 heterocycles. The van der Waals surface area contributed by atoms with Gasteiger partial charge in [0.15, 0.2) is 0 Å². The second kappa shape index (κ2) is 6.68. The molecular weight excluding hydrogens is 392 g/mol. The Kier molecular flexibility index (Phi) is 3.83. The van der Waals surface area contributed by atoms with E-state index in [4.69, 9.17) is 16.0 Å². The van der Waals surface area contributed by atoms with E-state index in [1.165, 1.54) is 16.3 Å². The Morgan fingerprint density at radius 3 is 2.20 bits per heavy atom. The van der Waals surface area contributed by atoms with E-state index in [0.29, 0.717) is 5.71 Å². The van der Waals surface area contributed by atoms with Crippen molar-refractivity contribution in [2.75, 3.05) is 0 Å².